The molecule has 1 aliphatic rings. The maximum Gasteiger partial charge on any atom is 0.277 e. The van der Waals surface area contributed by atoms with Gasteiger partial charge < -0.3 is 9.73 Å². The van der Waals surface area contributed by atoms with Crippen molar-refractivity contribution in [3.8, 4) is 0 Å². The molecule has 0 bridgehead atoms. The molecule has 2 aromatic heterocycles. The second kappa shape index (κ2) is 10.3. The number of hydrogen-bond donors (Lipinski definition) is 2. The summed E-state index contributed by atoms with van der Waals surface area (Å²) < 4.78 is 33.0. The minimum absolute atomic E-state index is 0.0200. The van der Waals surface area contributed by atoms with Crippen molar-refractivity contribution in [1.29, 1.82) is 0 Å². The van der Waals surface area contributed by atoms with Gasteiger partial charge in [-0.05, 0) is 50.1 Å². The molecule has 12 heteroatoms. The molecule has 0 saturated heterocycles. The molecule has 1 atom stereocenters. The molecule has 1 unspecified atom stereocenters. The second-order valence-electron chi connectivity index (χ2n) is 7.69. The van der Waals surface area contributed by atoms with Crippen LogP contribution in [-0.4, -0.2) is 39.7 Å². The van der Waals surface area contributed by atoms with E-state index >= 15 is 0 Å². The number of anilines is 2. The quantitative estimate of drug-likeness (QED) is 0.453. The first-order valence-corrected chi connectivity index (χ1v) is 13.0. The Morgan fingerprint density at radius 1 is 1.09 bits per heavy atom. The smallest absolute Gasteiger partial charge is 0.277 e. The van der Waals surface area contributed by atoms with Crippen molar-refractivity contribution < 1.29 is 17.6 Å². The summed E-state index contributed by atoms with van der Waals surface area (Å²) >= 11 is 1.19. The fourth-order valence-electron chi connectivity index (χ4n) is 3.48. The van der Waals surface area contributed by atoms with Gasteiger partial charge in [0.05, 0.1) is 10.1 Å². The Balaban J connectivity index is 1.33. The number of amides is 1. The largest absolute Gasteiger partial charge is 0.416 e. The molecule has 3 aromatic rings. The highest BCUT2D eigenvalue weighted by Crippen LogP contribution is 2.33. The standard InChI is InChI=1S/C21H24N6O4S2/c1-14(32-21-26-25-19(31-21)15-6-3-2-4-7-15)18(28)24-16-8-10-17(11-9-16)33(29,30)27-20-22-12-5-13-23-20/h5,8-15H,2-4,6-7H2,1H3,(H,24,28)(H,22,23,27). The predicted molar refractivity (Wildman–Crippen MR) is 123 cm³/mol. The minimum Gasteiger partial charge on any atom is -0.416 e. The van der Waals surface area contributed by atoms with Crippen molar-refractivity contribution in [1.82, 2.24) is 20.2 Å². The van der Waals surface area contributed by atoms with Gasteiger partial charge in [0.2, 0.25) is 17.7 Å². The zero-order valence-electron chi connectivity index (χ0n) is 18.0. The summed E-state index contributed by atoms with van der Waals surface area (Å²) in [6, 6.07) is 7.41. The molecule has 1 aromatic carbocycles. The van der Waals surface area contributed by atoms with Crippen molar-refractivity contribution >= 4 is 39.3 Å². The van der Waals surface area contributed by atoms with E-state index in [1.165, 1.54) is 67.7 Å². The van der Waals surface area contributed by atoms with E-state index in [9.17, 15) is 13.2 Å². The summed E-state index contributed by atoms with van der Waals surface area (Å²) in [5.74, 6) is 0.677. The molecule has 4 rings (SSSR count). The van der Waals surface area contributed by atoms with Crippen LogP contribution < -0.4 is 10.0 Å². The first-order chi connectivity index (χ1) is 15.9. The summed E-state index contributed by atoms with van der Waals surface area (Å²) in [4.78, 5) is 20.3. The number of benzene rings is 1. The van der Waals surface area contributed by atoms with E-state index in [0.29, 0.717) is 22.7 Å². The zero-order valence-corrected chi connectivity index (χ0v) is 19.6. The van der Waals surface area contributed by atoms with Gasteiger partial charge in [-0.1, -0.05) is 31.0 Å². The van der Waals surface area contributed by atoms with Crippen molar-refractivity contribution in [2.24, 2.45) is 0 Å². The number of thioether (sulfide) groups is 1. The monoisotopic (exact) mass is 488 g/mol. The molecule has 1 aliphatic carbocycles. The normalized spacial score (nSPS) is 15.7. The van der Waals surface area contributed by atoms with E-state index in [1.807, 2.05) is 0 Å². The topological polar surface area (TPSA) is 140 Å². The summed E-state index contributed by atoms with van der Waals surface area (Å²) in [7, 11) is -3.84. The van der Waals surface area contributed by atoms with Crippen LogP contribution in [0.25, 0.3) is 0 Å². The van der Waals surface area contributed by atoms with Gasteiger partial charge in [0.15, 0.2) is 0 Å². The van der Waals surface area contributed by atoms with Crippen LogP contribution in [0.15, 0.2) is 57.3 Å². The zero-order chi connectivity index (χ0) is 23.3. The fourth-order valence-corrected chi connectivity index (χ4v) is 5.13. The van der Waals surface area contributed by atoms with Crippen molar-refractivity contribution in [3.05, 3.63) is 48.6 Å². The van der Waals surface area contributed by atoms with E-state index in [1.54, 1.807) is 13.0 Å². The lowest BCUT2D eigenvalue weighted by Crippen LogP contribution is -2.22. The first-order valence-electron chi connectivity index (χ1n) is 10.6. The van der Waals surface area contributed by atoms with Crippen LogP contribution in [0.2, 0.25) is 0 Å². The van der Waals surface area contributed by atoms with E-state index in [4.69, 9.17) is 4.42 Å². The number of nitrogens with one attached hydrogen (secondary N) is 2. The molecule has 33 heavy (non-hydrogen) atoms. The van der Waals surface area contributed by atoms with Crippen LogP contribution in [0, 0.1) is 0 Å². The SMILES string of the molecule is CC(Sc1nnc(C2CCCCC2)o1)C(=O)Nc1ccc(S(=O)(=O)Nc2ncccn2)cc1. The van der Waals surface area contributed by atoms with Gasteiger partial charge in [-0.15, -0.1) is 10.2 Å². The molecule has 174 valence electrons. The Morgan fingerprint density at radius 3 is 2.48 bits per heavy atom. The maximum absolute atomic E-state index is 12.6. The number of carbonyl (C=O) groups is 1. The van der Waals surface area contributed by atoms with E-state index in [0.717, 1.165) is 12.8 Å². The van der Waals surface area contributed by atoms with Crippen LogP contribution in [0.4, 0.5) is 11.6 Å². The van der Waals surface area contributed by atoms with Gasteiger partial charge in [-0.2, -0.15) is 0 Å². The van der Waals surface area contributed by atoms with Crippen LogP contribution in [0.5, 0.6) is 0 Å². The van der Waals surface area contributed by atoms with Crippen LogP contribution >= 0.6 is 11.8 Å². The Bertz CT molecular complexity index is 1180. The van der Waals surface area contributed by atoms with Gasteiger partial charge in [0.25, 0.3) is 15.2 Å². The molecule has 1 saturated carbocycles. The highest BCUT2D eigenvalue weighted by Gasteiger charge is 2.24. The fraction of sp³-hybridized carbons (Fsp3) is 0.381. The summed E-state index contributed by atoms with van der Waals surface area (Å²) in [6.07, 6.45) is 8.58. The average Bonchev–Trinajstić information content (AvgIpc) is 3.29. The Morgan fingerprint density at radius 2 is 1.79 bits per heavy atom. The number of nitrogens with zero attached hydrogens (tertiary/aromatic N) is 4. The Labute approximate surface area is 196 Å². The molecule has 0 spiro atoms. The molecule has 2 N–H and O–H groups in total. The average molecular weight is 489 g/mol. The van der Waals surface area contributed by atoms with Crippen molar-refractivity contribution in [3.63, 3.8) is 0 Å². The molecule has 1 fully saturated rings. The summed E-state index contributed by atoms with van der Waals surface area (Å²) in [5.41, 5.74) is 0.468. The third-order valence-corrected chi connectivity index (χ3v) is 7.53. The minimum atomic E-state index is -3.84. The molecule has 10 nitrogen and oxygen atoms in total. The third-order valence-electron chi connectivity index (χ3n) is 5.25. The van der Waals surface area contributed by atoms with Crippen LogP contribution in [0.1, 0.15) is 50.8 Å². The third kappa shape index (κ3) is 6.08. The van der Waals surface area contributed by atoms with Crippen molar-refractivity contribution in [2.45, 2.75) is 60.3 Å². The second-order valence-corrected chi connectivity index (χ2v) is 10.7. The highest BCUT2D eigenvalue weighted by molar-refractivity contribution is 8.00. The molecule has 1 amide bonds. The van der Waals surface area contributed by atoms with Crippen molar-refractivity contribution in [2.75, 3.05) is 10.0 Å². The Hall–Kier alpha value is -2.99. The molecular weight excluding hydrogens is 464 g/mol. The number of carbonyl (C=O) groups excluding carboxylic acids is 1. The van der Waals surface area contributed by atoms with Crippen LogP contribution in [0.3, 0.4) is 0 Å². The lowest BCUT2D eigenvalue weighted by Gasteiger charge is -2.17. The molecule has 0 radical (unpaired) electrons. The Kier molecular flexibility index (Phi) is 7.23. The first kappa shape index (κ1) is 23.2. The highest BCUT2D eigenvalue weighted by atomic mass is 32.2. The van der Waals surface area contributed by atoms with Gasteiger partial charge >= 0.3 is 0 Å². The predicted octanol–water partition coefficient (Wildman–Crippen LogP) is 3.83. The molecular formula is C21H24N6O4S2. The van der Waals surface area contributed by atoms with Gasteiger partial charge in [0.1, 0.15) is 0 Å². The maximum atomic E-state index is 12.6. The van der Waals surface area contributed by atoms with Gasteiger partial charge in [-0.3, -0.25) is 4.79 Å². The molecule has 0 aliphatic heterocycles. The van der Waals surface area contributed by atoms with E-state index in [2.05, 4.69) is 30.2 Å². The number of hydrogen-bond acceptors (Lipinski definition) is 9. The lowest BCUT2D eigenvalue weighted by molar-refractivity contribution is -0.115. The number of rotatable bonds is 8. The molecule has 2 heterocycles. The lowest BCUT2D eigenvalue weighted by atomic mass is 9.89. The number of sulfonamides is 1. The summed E-state index contributed by atoms with van der Waals surface area (Å²) in [5, 5.41) is 10.9. The van der Waals surface area contributed by atoms with E-state index in [-0.39, 0.29) is 16.8 Å². The summed E-state index contributed by atoms with van der Waals surface area (Å²) in [6.45, 7) is 1.74. The number of aromatic nitrogens is 4. The van der Waals surface area contributed by atoms with E-state index < -0.39 is 15.3 Å². The van der Waals surface area contributed by atoms with Crippen LogP contribution in [-0.2, 0) is 14.8 Å². The van der Waals surface area contributed by atoms with Gasteiger partial charge in [0, 0.05) is 24.0 Å². The van der Waals surface area contributed by atoms with Gasteiger partial charge in [-0.25, -0.2) is 23.1 Å².